The van der Waals surface area contributed by atoms with Crippen LogP contribution in [0.4, 0.5) is 5.69 Å². The fourth-order valence-electron chi connectivity index (χ4n) is 2.74. The third-order valence-corrected chi connectivity index (χ3v) is 3.67. The number of benzene rings is 2. The van der Waals surface area contributed by atoms with Gasteiger partial charge in [-0.25, -0.2) is 0 Å². The van der Waals surface area contributed by atoms with Gasteiger partial charge in [-0.05, 0) is 42.2 Å². The summed E-state index contributed by atoms with van der Waals surface area (Å²) in [5.74, 6) is 0. The predicted molar refractivity (Wildman–Crippen MR) is 77.6 cm³/mol. The third kappa shape index (κ3) is 2.53. The van der Waals surface area contributed by atoms with Gasteiger partial charge in [-0.1, -0.05) is 30.3 Å². The highest BCUT2D eigenvalue weighted by Gasteiger charge is 2.17. The Kier molecular flexibility index (Phi) is 3.32. The van der Waals surface area contributed by atoms with Crippen LogP contribution in [0.25, 0.3) is 0 Å². The summed E-state index contributed by atoms with van der Waals surface area (Å²) in [5, 5.41) is 0. The minimum absolute atomic E-state index is 0.778. The monoisotopic (exact) mass is 251 g/mol. The minimum atomic E-state index is 0.778. The fourth-order valence-corrected chi connectivity index (χ4v) is 2.74. The van der Waals surface area contributed by atoms with E-state index >= 15 is 0 Å². The van der Waals surface area contributed by atoms with Crippen LogP contribution in [0.1, 0.15) is 27.9 Å². The maximum Gasteiger partial charge on any atom is 0.150 e. The lowest BCUT2D eigenvalue weighted by molar-refractivity contribution is 0.112. The highest BCUT2D eigenvalue weighted by atomic mass is 16.1. The normalized spacial score (nSPS) is 14.0. The van der Waals surface area contributed by atoms with Crippen LogP contribution in [-0.4, -0.2) is 12.8 Å². The van der Waals surface area contributed by atoms with Gasteiger partial charge in [0, 0.05) is 24.3 Å². The van der Waals surface area contributed by atoms with Gasteiger partial charge in [0.25, 0.3) is 0 Å². The van der Waals surface area contributed by atoms with E-state index in [2.05, 4.69) is 35.2 Å². The molecule has 0 aromatic heterocycles. The molecule has 2 heteroatoms. The number of hydrogen-bond donors (Lipinski definition) is 0. The number of carbonyl (C=O) groups excluding carboxylic acids is 1. The van der Waals surface area contributed by atoms with Gasteiger partial charge >= 0.3 is 0 Å². The van der Waals surface area contributed by atoms with E-state index in [4.69, 9.17) is 0 Å². The van der Waals surface area contributed by atoms with Gasteiger partial charge < -0.3 is 4.90 Å². The molecular weight excluding hydrogens is 234 g/mol. The van der Waals surface area contributed by atoms with Crippen molar-refractivity contribution in [3.8, 4) is 0 Å². The SMILES string of the molecule is O=Cc1ccc2c(c1)CCCN2Cc1ccccc1. The van der Waals surface area contributed by atoms with Crippen molar-refractivity contribution in [1.29, 1.82) is 0 Å². The Morgan fingerprint density at radius 2 is 1.95 bits per heavy atom. The first-order chi connectivity index (χ1) is 9.36. The van der Waals surface area contributed by atoms with E-state index in [1.54, 1.807) is 0 Å². The summed E-state index contributed by atoms with van der Waals surface area (Å²) in [7, 11) is 0. The minimum Gasteiger partial charge on any atom is -0.367 e. The van der Waals surface area contributed by atoms with Crippen molar-refractivity contribution < 1.29 is 4.79 Å². The molecule has 0 N–H and O–H groups in total. The molecule has 1 aliphatic heterocycles. The first-order valence-corrected chi connectivity index (χ1v) is 6.74. The van der Waals surface area contributed by atoms with E-state index in [1.165, 1.54) is 16.8 Å². The Hall–Kier alpha value is -2.09. The molecule has 2 nitrogen and oxygen atoms in total. The van der Waals surface area contributed by atoms with Gasteiger partial charge in [-0.2, -0.15) is 0 Å². The predicted octanol–water partition coefficient (Wildman–Crippen LogP) is 3.45. The molecule has 1 heterocycles. The average molecular weight is 251 g/mol. The van der Waals surface area contributed by atoms with Gasteiger partial charge in [0.15, 0.2) is 0 Å². The fraction of sp³-hybridized carbons (Fsp3) is 0.235. The van der Waals surface area contributed by atoms with Crippen molar-refractivity contribution in [3.63, 3.8) is 0 Å². The second kappa shape index (κ2) is 5.27. The van der Waals surface area contributed by atoms with Crippen LogP contribution >= 0.6 is 0 Å². The molecule has 0 bridgehead atoms. The molecule has 0 unspecified atom stereocenters. The van der Waals surface area contributed by atoms with Gasteiger partial charge in [-0.3, -0.25) is 4.79 Å². The van der Waals surface area contributed by atoms with Gasteiger partial charge in [0.05, 0.1) is 0 Å². The molecule has 0 fully saturated rings. The molecule has 0 aliphatic carbocycles. The summed E-state index contributed by atoms with van der Waals surface area (Å²) >= 11 is 0. The third-order valence-electron chi connectivity index (χ3n) is 3.67. The molecule has 2 aromatic carbocycles. The molecular formula is C17H17NO. The number of aryl methyl sites for hydroxylation is 1. The zero-order chi connectivity index (χ0) is 13.1. The summed E-state index contributed by atoms with van der Waals surface area (Å²) in [6.07, 6.45) is 3.15. The molecule has 0 atom stereocenters. The Labute approximate surface area is 113 Å². The van der Waals surface area contributed by atoms with Crippen LogP contribution < -0.4 is 4.90 Å². The van der Waals surface area contributed by atoms with Crippen LogP contribution in [0.2, 0.25) is 0 Å². The largest absolute Gasteiger partial charge is 0.367 e. The Balaban J connectivity index is 1.88. The van der Waals surface area contributed by atoms with E-state index in [-0.39, 0.29) is 0 Å². The maximum atomic E-state index is 10.9. The number of nitrogens with zero attached hydrogens (tertiary/aromatic N) is 1. The summed E-state index contributed by atoms with van der Waals surface area (Å²) in [6, 6.07) is 16.5. The molecule has 0 saturated carbocycles. The zero-order valence-corrected chi connectivity index (χ0v) is 10.9. The molecule has 96 valence electrons. The summed E-state index contributed by atoms with van der Waals surface area (Å²) in [6.45, 7) is 2.02. The lowest BCUT2D eigenvalue weighted by Crippen LogP contribution is -2.28. The highest BCUT2D eigenvalue weighted by molar-refractivity contribution is 5.77. The van der Waals surface area contributed by atoms with Crippen LogP contribution in [0, 0.1) is 0 Å². The molecule has 19 heavy (non-hydrogen) atoms. The molecule has 0 spiro atoms. The average Bonchev–Trinajstić information content (AvgIpc) is 2.48. The van der Waals surface area contributed by atoms with E-state index in [0.29, 0.717) is 0 Å². The van der Waals surface area contributed by atoms with Crippen molar-refractivity contribution >= 4 is 12.0 Å². The maximum absolute atomic E-state index is 10.9. The standard InChI is InChI=1S/C17H17NO/c19-13-15-8-9-17-16(11-15)7-4-10-18(17)12-14-5-2-1-3-6-14/h1-3,5-6,8-9,11,13H,4,7,10,12H2. The van der Waals surface area contributed by atoms with Gasteiger partial charge in [0.2, 0.25) is 0 Å². The first-order valence-electron chi connectivity index (χ1n) is 6.74. The number of aldehydes is 1. The second-order valence-electron chi connectivity index (χ2n) is 5.02. The number of rotatable bonds is 3. The van der Waals surface area contributed by atoms with Gasteiger partial charge in [-0.15, -0.1) is 0 Å². The number of hydrogen-bond acceptors (Lipinski definition) is 2. The van der Waals surface area contributed by atoms with Crippen LogP contribution in [0.5, 0.6) is 0 Å². The summed E-state index contributed by atoms with van der Waals surface area (Å²) in [4.78, 5) is 13.3. The molecule has 0 saturated heterocycles. The second-order valence-corrected chi connectivity index (χ2v) is 5.02. The van der Waals surface area contributed by atoms with Crippen molar-refractivity contribution in [3.05, 3.63) is 65.2 Å². The number of anilines is 1. The Morgan fingerprint density at radius 3 is 2.74 bits per heavy atom. The van der Waals surface area contributed by atoms with Crippen molar-refractivity contribution in [2.45, 2.75) is 19.4 Å². The molecule has 1 aliphatic rings. The van der Waals surface area contributed by atoms with E-state index in [1.807, 2.05) is 18.2 Å². The molecule has 0 amide bonds. The smallest absolute Gasteiger partial charge is 0.150 e. The number of fused-ring (bicyclic) bond motifs is 1. The summed E-state index contributed by atoms with van der Waals surface area (Å²) in [5.41, 5.74) is 4.68. The van der Waals surface area contributed by atoms with Gasteiger partial charge in [0.1, 0.15) is 6.29 Å². The summed E-state index contributed by atoms with van der Waals surface area (Å²) < 4.78 is 0. The lowest BCUT2D eigenvalue weighted by Gasteiger charge is -2.31. The lowest BCUT2D eigenvalue weighted by atomic mass is 9.99. The topological polar surface area (TPSA) is 20.3 Å². The van der Waals surface area contributed by atoms with E-state index in [0.717, 1.165) is 37.8 Å². The molecule has 2 aromatic rings. The van der Waals surface area contributed by atoms with E-state index < -0.39 is 0 Å². The number of carbonyl (C=O) groups is 1. The zero-order valence-electron chi connectivity index (χ0n) is 10.9. The van der Waals surface area contributed by atoms with Crippen LogP contribution in [0.3, 0.4) is 0 Å². The molecule has 3 rings (SSSR count). The Bertz CT molecular complexity index is 577. The van der Waals surface area contributed by atoms with Crippen LogP contribution in [0.15, 0.2) is 48.5 Å². The van der Waals surface area contributed by atoms with Crippen molar-refractivity contribution in [1.82, 2.24) is 0 Å². The van der Waals surface area contributed by atoms with E-state index in [9.17, 15) is 4.79 Å². The molecule has 0 radical (unpaired) electrons. The first kappa shape index (κ1) is 12.0. The quantitative estimate of drug-likeness (QED) is 0.779. The van der Waals surface area contributed by atoms with Crippen LogP contribution in [-0.2, 0) is 13.0 Å². The van der Waals surface area contributed by atoms with Crippen molar-refractivity contribution in [2.24, 2.45) is 0 Å². The highest BCUT2D eigenvalue weighted by Crippen LogP contribution is 2.29. The Morgan fingerprint density at radius 1 is 1.11 bits per heavy atom. The van der Waals surface area contributed by atoms with Crippen molar-refractivity contribution in [2.75, 3.05) is 11.4 Å².